The lowest BCUT2D eigenvalue weighted by atomic mass is 9.83. The van der Waals surface area contributed by atoms with Crippen molar-refractivity contribution in [3.8, 4) is 17.2 Å². The van der Waals surface area contributed by atoms with Crippen LogP contribution in [0.25, 0.3) is 0 Å². The number of hydrogen-bond donors (Lipinski definition) is 2. The quantitative estimate of drug-likeness (QED) is 0.548. The van der Waals surface area contributed by atoms with Gasteiger partial charge in [0.15, 0.2) is 17.5 Å². The Kier molecular flexibility index (Phi) is 7.42. The van der Waals surface area contributed by atoms with Gasteiger partial charge in [0.1, 0.15) is 5.75 Å². The fourth-order valence-corrected chi connectivity index (χ4v) is 3.68. The Hall–Kier alpha value is -2.11. The molecule has 1 aromatic rings. The topological polar surface area (TPSA) is 64.1 Å². The first kappa shape index (κ1) is 20.2. The molecule has 0 atom stereocenters. The molecule has 2 rings (SSSR count). The molecular formula is C20H33N3O3. The first-order chi connectivity index (χ1) is 12.6. The third-order valence-electron chi connectivity index (χ3n) is 5.50. The van der Waals surface area contributed by atoms with Crippen LogP contribution in [0.2, 0.25) is 0 Å². The summed E-state index contributed by atoms with van der Waals surface area (Å²) in [5.41, 5.74) is 1.40. The highest BCUT2D eigenvalue weighted by Crippen LogP contribution is 2.40. The van der Waals surface area contributed by atoms with Gasteiger partial charge in [-0.15, -0.1) is 0 Å². The first-order valence-corrected chi connectivity index (χ1v) is 9.34. The Bertz CT molecular complexity index is 611. The fourth-order valence-electron chi connectivity index (χ4n) is 3.68. The van der Waals surface area contributed by atoms with E-state index in [1.165, 1.54) is 32.1 Å². The molecule has 1 fully saturated rings. The van der Waals surface area contributed by atoms with Gasteiger partial charge in [0.2, 0.25) is 0 Å². The van der Waals surface area contributed by atoms with Crippen molar-refractivity contribution in [3.05, 3.63) is 17.7 Å². The van der Waals surface area contributed by atoms with E-state index in [4.69, 9.17) is 14.2 Å². The molecule has 6 nitrogen and oxygen atoms in total. The van der Waals surface area contributed by atoms with Crippen LogP contribution < -0.4 is 24.8 Å². The normalized spacial score (nSPS) is 16.3. The maximum absolute atomic E-state index is 5.49. The largest absolute Gasteiger partial charge is 0.496 e. The van der Waals surface area contributed by atoms with Crippen molar-refractivity contribution in [1.82, 2.24) is 10.6 Å². The summed E-state index contributed by atoms with van der Waals surface area (Å²) in [5.74, 6) is 2.90. The van der Waals surface area contributed by atoms with E-state index in [9.17, 15) is 0 Å². The van der Waals surface area contributed by atoms with E-state index in [1.54, 1.807) is 28.4 Å². The molecule has 1 aliphatic rings. The minimum absolute atomic E-state index is 0.415. The molecule has 146 valence electrons. The number of methoxy groups -OCH3 is 3. The number of guanidine groups is 1. The summed E-state index contributed by atoms with van der Waals surface area (Å²) in [6.07, 6.45) is 6.49. The summed E-state index contributed by atoms with van der Waals surface area (Å²) in [6.45, 7) is 3.84. The molecule has 0 bridgehead atoms. The molecule has 0 spiro atoms. The smallest absolute Gasteiger partial charge is 0.191 e. The molecule has 0 saturated heterocycles. The molecule has 0 heterocycles. The van der Waals surface area contributed by atoms with Crippen LogP contribution >= 0.6 is 0 Å². The Morgan fingerprint density at radius 3 is 2.15 bits per heavy atom. The van der Waals surface area contributed by atoms with Crippen LogP contribution in [-0.2, 0) is 6.54 Å². The fraction of sp³-hybridized carbons (Fsp3) is 0.650. The van der Waals surface area contributed by atoms with E-state index in [1.807, 2.05) is 12.1 Å². The van der Waals surface area contributed by atoms with Crippen LogP contribution in [0.5, 0.6) is 17.2 Å². The molecule has 0 aromatic heterocycles. The first-order valence-electron chi connectivity index (χ1n) is 9.34. The van der Waals surface area contributed by atoms with Crippen LogP contribution in [0, 0.1) is 5.41 Å². The Morgan fingerprint density at radius 2 is 1.62 bits per heavy atom. The summed E-state index contributed by atoms with van der Waals surface area (Å²) in [7, 11) is 6.71. The van der Waals surface area contributed by atoms with E-state index in [2.05, 4.69) is 22.5 Å². The van der Waals surface area contributed by atoms with Crippen molar-refractivity contribution in [2.45, 2.75) is 45.6 Å². The third-order valence-corrected chi connectivity index (χ3v) is 5.50. The average molecular weight is 364 g/mol. The van der Waals surface area contributed by atoms with E-state index in [0.29, 0.717) is 23.5 Å². The predicted octanol–water partition coefficient (Wildman–Crippen LogP) is 3.35. The van der Waals surface area contributed by atoms with E-state index >= 15 is 0 Å². The molecule has 1 saturated carbocycles. The van der Waals surface area contributed by atoms with Gasteiger partial charge >= 0.3 is 0 Å². The number of ether oxygens (including phenoxy) is 3. The molecule has 2 N–H and O–H groups in total. The zero-order valence-electron chi connectivity index (χ0n) is 16.8. The minimum atomic E-state index is 0.415. The van der Waals surface area contributed by atoms with Crippen LogP contribution in [0.3, 0.4) is 0 Å². The maximum atomic E-state index is 5.49. The highest BCUT2D eigenvalue weighted by molar-refractivity contribution is 5.79. The zero-order valence-corrected chi connectivity index (χ0v) is 16.8. The summed E-state index contributed by atoms with van der Waals surface area (Å²) >= 11 is 0. The second-order valence-corrected chi connectivity index (χ2v) is 6.86. The molecule has 0 unspecified atom stereocenters. The van der Waals surface area contributed by atoms with Gasteiger partial charge in [-0.05, 0) is 30.7 Å². The van der Waals surface area contributed by atoms with Gasteiger partial charge in [0.25, 0.3) is 0 Å². The average Bonchev–Trinajstić information content (AvgIpc) is 3.16. The molecule has 1 aliphatic carbocycles. The van der Waals surface area contributed by atoms with Crippen LogP contribution in [-0.4, -0.2) is 40.9 Å². The highest BCUT2D eigenvalue weighted by atomic mass is 16.5. The Labute approximate surface area is 157 Å². The van der Waals surface area contributed by atoms with Gasteiger partial charge in [0.05, 0.1) is 21.3 Å². The number of nitrogens with zero attached hydrogens (tertiary/aromatic N) is 1. The Morgan fingerprint density at radius 1 is 1.00 bits per heavy atom. The van der Waals surface area contributed by atoms with E-state index in [-0.39, 0.29) is 0 Å². The lowest BCUT2D eigenvalue weighted by Gasteiger charge is -2.28. The summed E-state index contributed by atoms with van der Waals surface area (Å²) in [5, 5.41) is 6.88. The Balaban J connectivity index is 2.01. The van der Waals surface area contributed by atoms with Crippen molar-refractivity contribution in [2.75, 3.05) is 34.9 Å². The van der Waals surface area contributed by atoms with Crippen molar-refractivity contribution >= 4 is 5.96 Å². The lowest BCUT2D eigenvalue weighted by molar-refractivity contribution is 0.283. The van der Waals surface area contributed by atoms with Crippen molar-refractivity contribution in [1.29, 1.82) is 0 Å². The highest BCUT2D eigenvalue weighted by Gasteiger charge is 2.31. The van der Waals surface area contributed by atoms with Gasteiger partial charge in [-0.2, -0.15) is 0 Å². The van der Waals surface area contributed by atoms with Crippen molar-refractivity contribution in [2.24, 2.45) is 10.4 Å². The second kappa shape index (κ2) is 9.55. The van der Waals surface area contributed by atoms with Gasteiger partial charge in [0, 0.05) is 31.8 Å². The molecule has 1 aromatic carbocycles. The summed E-state index contributed by atoms with van der Waals surface area (Å²) < 4.78 is 16.2. The van der Waals surface area contributed by atoms with Gasteiger partial charge < -0.3 is 24.8 Å². The third kappa shape index (κ3) is 4.74. The summed E-state index contributed by atoms with van der Waals surface area (Å²) in [6, 6.07) is 3.78. The van der Waals surface area contributed by atoms with E-state index in [0.717, 1.165) is 23.8 Å². The van der Waals surface area contributed by atoms with E-state index < -0.39 is 0 Å². The number of rotatable bonds is 8. The number of benzene rings is 1. The monoisotopic (exact) mass is 363 g/mol. The molecule has 0 radical (unpaired) electrons. The lowest BCUT2D eigenvalue weighted by Crippen LogP contribution is -2.42. The van der Waals surface area contributed by atoms with Gasteiger partial charge in [-0.3, -0.25) is 4.99 Å². The number of nitrogens with one attached hydrogen (secondary N) is 2. The van der Waals surface area contributed by atoms with Crippen LogP contribution in [0.4, 0.5) is 0 Å². The number of aliphatic imine (C=N–C) groups is 1. The van der Waals surface area contributed by atoms with Gasteiger partial charge in [-0.25, -0.2) is 0 Å². The summed E-state index contributed by atoms with van der Waals surface area (Å²) in [4.78, 5) is 4.36. The maximum Gasteiger partial charge on any atom is 0.191 e. The van der Waals surface area contributed by atoms with Gasteiger partial charge in [-0.1, -0.05) is 19.8 Å². The number of hydrogen-bond acceptors (Lipinski definition) is 4. The van der Waals surface area contributed by atoms with Crippen molar-refractivity contribution < 1.29 is 14.2 Å². The molecular weight excluding hydrogens is 330 g/mol. The molecule has 0 amide bonds. The van der Waals surface area contributed by atoms with Crippen LogP contribution in [0.1, 0.15) is 44.6 Å². The zero-order chi connectivity index (χ0) is 19.0. The predicted molar refractivity (Wildman–Crippen MR) is 105 cm³/mol. The SMILES string of the molecule is CCC1(CNC(=NC)NCc2cc(OC)c(OC)cc2OC)CCCC1. The second-order valence-electron chi connectivity index (χ2n) is 6.86. The molecule has 26 heavy (non-hydrogen) atoms. The molecule has 0 aliphatic heterocycles. The standard InChI is InChI=1S/C20H33N3O3/c1-6-20(9-7-8-10-20)14-23-19(21-2)22-13-15-11-17(25-4)18(26-5)12-16(15)24-3/h11-12H,6-10,13-14H2,1-5H3,(H2,21,22,23). The minimum Gasteiger partial charge on any atom is -0.496 e. The van der Waals surface area contributed by atoms with Crippen LogP contribution in [0.15, 0.2) is 17.1 Å². The molecule has 6 heteroatoms. The van der Waals surface area contributed by atoms with Crippen molar-refractivity contribution in [3.63, 3.8) is 0 Å².